The van der Waals surface area contributed by atoms with E-state index >= 15 is 0 Å². The molecule has 0 heterocycles. The van der Waals surface area contributed by atoms with Crippen LogP contribution in [0.2, 0.25) is 0 Å². The van der Waals surface area contributed by atoms with Crippen molar-refractivity contribution < 1.29 is 9.53 Å². The molecule has 0 fully saturated rings. The number of hydrogen-bond acceptors (Lipinski definition) is 2. The lowest BCUT2D eigenvalue weighted by Crippen LogP contribution is -2.38. The third-order valence-corrected chi connectivity index (χ3v) is 2.57. The van der Waals surface area contributed by atoms with Gasteiger partial charge in [-0.05, 0) is 37.1 Å². The van der Waals surface area contributed by atoms with Gasteiger partial charge in [0.15, 0.2) is 0 Å². The topological polar surface area (TPSA) is 50.4 Å². The van der Waals surface area contributed by atoms with Gasteiger partial charge in [-0.1, -0.05) is 19.1 Å². The molecule has 0 saturated carbocycles. The standard InChI is InChI=1S/C14H20N2O2/c1-4-11(2)16-14(17)15-9-8-12-6-5-7-13(10-12)18-3/h5-11H,4H2,1-3H3,(H2,15,16,17)/b9-8+. The van der Waals surface area contributed by atoms with E-state index in [0.29, 0.717) is 0 Å². The van der Waals surface area contributed by atoms with Crippen LogP contribution in [-0.2, 0) is 0 Å². The highest BCUT2D eigenvalue weighted by Gasteiger charge is 2.01. The van der Waals surface area contributed by atoms with E-state index in [1.54, 1.807) is 13.3 Å². The lowest BCUT2D eigenvalue weighted by atomic mass is 10.2. The largest absolute Gasteiger partial charge is 0.497 e. The molecular formula is C14H20N2O2. The highest BCUT2D eigenvalue weighted by atomic mass is 16.5. The van der Waals surface area contributed by atoms with E-state index < -0.39 is 0 Å². The predicted molar refractivity (Wildman–Crippen MR) is 73.4 cm³/mol. The van der Waals surface area contributed by atoms with Gasteiger partial charge in [0.2, 0.25) is 0 Å². The second-order valence-corrected chi connectivity index (χ2v) is 4.04. The van der Waals surface area contributed by atoms with E-state index in [1.165, 1.54) is 0 Å². The zero-order valence-corrected chi connectivity index (χ0v) is 11.1. The summed E-state index contributed by atoms with van der Waals surface area (Å²) in [6.45, 7) is 3.99. The number of urea groups is 1. The van der Waals surface area contributed by atoms with Crippen molar-refractivity contribution >= 4 is 12.1 Å². The molecular weight excluding hydrogens is 228 g/mol. The monoisotopic (exact) mass is 248 g/mol. The van der Waals surface area contributed by atoms with E-state index in [4.69, 9.17) is 4.74 Å². The Hall–Kier alpha value is -1.97. The fraction of sp³-hybridized carbons (Fsp3) is 0.357. The molecule has 0 aliphatic rings. The smallest absolute Gasteiger partial charge is 0.318 e. The van der Waals surface area contributed by atoms with Crippen molar-refractivity contribution in [2.75, 3.05) is 7.11 Å². The Balaban J connectivity index is 2.46. The number of carbonyl (C=O) groups is 1. The summed E-state index contributed by atoms with van der Waals surface area (Å²) in [5.74, 6) is 0.793. The van der Waals surface area contributed by atoms with Gasteiger partial charge < -0.3 is 15.4 Å². The van der Waals surface area contributed by atoms with Crippen molar-refractivity contribution in [2.24, 2.45) is 0 Å². The van der Waals surface area contributed by atoms with Crippen molar-refractivity contribution in [3.05, 3.63) is 36.0 Å². The first-order valence-electron chi connectivity index (χ1n) is 6.03. The summed E-state index contributed by atoms with van der Waals surface area (Å²) in [6, 6.07) is 7.59. The molecule has 0 bridgehead atoms. The van der Waals surface area contributed by atoms with Crippen LogP contribution in [0.5, 0.6) is 5.75 Å². The number of ether oxygens (including phenoxy) is 1. The van der Waals surface area contributed by atoms with Crippen molar-refractivity contribution in [1.29, 1.82) is 0 Å². The molecule has 4 heteroatoms. The fourth-order valence-corrected chi connectivity index (χ4v) is 1.33. The van der Waals surface area contributed by atoms with Crippen molar-refractivity contribution in [1.82, 2.24) is 10.6 Å². The van der Waals surface area contributed by atoms with Crippen LogP contribution in [0.4, 0.5) is 4.79 Å². The van der Waals surface area contributed by atoms with Crippen molar-refractivity contribution in [3.63, 3.8) is 0 Å². The van der Waals surface area contributed by atoms with Gasteiger partial charge in [-0.25, -0.2) is 4.79 Å². The molecule has 0 saturated heterocycles. The minimum atomic E-state index is -0.191. The molecule has 2 N–H and O–H groups in total. The van der Waals surface area contributed by atoms with Crippen LogP contribution in [0.3, 0.4) is 0 Å². The maximum absolute atomic E-state index is 11.4. The molecule has 98 valence electrons. The maximum atomic E-state index is 11.4. The van der Waals surface area contributed by atoms with Gasteiger partial charge in [0, 0.05) is 12.2 Å². The molecule has 0 aromatic heterocycles. The van der Waals surface area contributed by atoms with Crippen LogP contribution in [0, 0.1) is 0 Å². The summed E-state index contributed by atoms with van der Waals surface area (Å²) < 4.78 is 5.12. The normalized spacial score (nSPS) is 12.2. The minimum Gasteiger partial charge on any atom is -0.497 e. The Morgan fingerprint density at radius 2 is 2.28 bits per heavy atom. The number of carbonyl (C=O) groups excluding carboxylic acids is 1. The van der Waals surface area contributed by atoms with Gasteiger partial charge in [-0.2, -0.15) is 0 Å². The number of benzene rings is 1. The van der Waals surface area contributed by atoms with E-state index in [0.717, 1.165) is 17.7 Å². The SMILES string of the molecule is CCC(C)NC(=O)N/C=C/c1cccc(OC)c1. The molecule has 1 aromatic rings. The molecule has 0 aliphatic carbocycles. The van der Waals surface area contributed by atoms with Crippen LogP contribution in [0.25, 0.3) is 6.08 Å². The number of amides is 2. The minimum absolute atomic E-state index is 0.176. The third kappa shape index (κ3) is 4.91. The lowest BCUT2D eigenvalue weighted by molar-refractivity contribution is 0.241. The predicted octanol–water partition coefficient (Wildman–Crippen LogP) is 2.76. The Kier molecular flexibility index (Phi) is 5.77. The molecule has 0 spiro atoms. The summed E-state index contributed by atoms with van der Waals surface area (Å²) >= 11 is 0. The first-order valence-corrected chi connectivity index (χ1v) is 6.03. The summed E-state index contributed by atoms with van der Waals surface area (Å²) in [5.41, 5.74) is 0.971. The summed E-state index contributed by atoms with van der Waals surface area (Å²) in [5, 5.41) is 5.47. The molecule has 4 nitrogen and oxygen atoms in total. The molecule has 0 aliphatic heterocycles. The van der Waals surface area contributed by atoms with Gasteiger partial charge in [0.05, 0.1) is 7.11 Å². The average molecular weight is 248 g/mol. The van der Waals surface area contributed by atoms with E-state index in [-0.39, 0.29) is 12.1 Å². The van der Waals surface area contributed by atoms with Gasteiger partial charge in [-0.3, -0.25) is 0 Å². The van der Waals surface area contributed by atoms with Gasteiger partial charge >= 0.3 is 6.03 Å². The second-order valence-electron chi connectivity index (χ2n) is 4.04. The molecule has 1 aromatic carbocycles. The van der Waals surface area contributed by atoms with Crippen LogP contribution < -0.4 is 15.4 Å². The zero-order chi connectivity index (χ0) is 13.4. The third-order valence-electron chi connectivity index (χ3n) is 2.57. The molecule has 0 radical (unpaired) electrons. The summed E-state index contributed by atoms with van der Waals surface area (Å²) in [7, 11) is 1.63. The second kappa shape index (κ2) is 7.37. The van der Waals surface area contributed by atoms with Crippen molar-refractivity contribution in [2.45, 2.75) is 26.3 Å². The van der Waals surface area contributed by atoms with E-state index in [1.807, 2.05) is 44.2 Å². The van der Waals surface area contributed by atoms with Gasteiger partial charge in [0.1, 0.15) is 5.75 Å². The Bertz CT molecular complexity index is 416. The summed E-state index contributed by atoms with van der Waals surface area (Å²) in [4.78, 5) is 11.4. The van der Waals surface area contributed by atoms with Crippen molar-refractivity contribution in [3.8, 4) is 5.75 Å². The molecule has 18 heavy (non-hydrogen) atoms. The quantitative estimate of drug-likeness (QED) is 0.841. The Morgan fingerprint density at radius 3 is 2.94 bits per heavy atom. The molecule has 1 unspecified atom stereocenters. The fourth-order valence-electron chi connectivity index (χ4n) is 1.33. The highest BCUT2D eigenvalue weighted by molar-refractivity contribution is 5.76. The molecule has 1 rings (SSSR count). The van der Waals surface area contributed by atoms with Crippen LogP contribution in [0.15, 0.2) is 30.5 Å². The number of rotatable bonds is 5. The number of methoxy groups -OCH3 is 1. The van der Waals surface area contributed by atoms with E-state index in [9.17, 15) is 4.79 Å². The molecule has 2 amide bonds. The molecule has 1 atom stereocenters. The zero-order valence-electron chi connectivity index (χ0n) is 11.1. The lowest BCUT2D eigenvalue weighted by Gasteiger charge is -2.10. The Labute approximate surface area is 108 Å². The average Bonchev–Trinajstić information content (AvgIpc) is 2.38. The maximum Gasteiger partial charge on any atom is 0.318 e. The van der Waals surface area contributed by atoms with E-state index in [2.05, 4.69) is 10.6 Å². The first kappa shape index (κ1) is 14.1. The highest BCUT2D eigenvalue weighted by Crippen LogP contribution is 2.13. The Morgan fingerprint density at radius 1 is 1.50 bits per heavy atom. The number of hydrogen-bond donors (Lipinski definition) is 2. The van der Waals surface area contributed by atoms with Crippen LogP contribution in [0.1, 0.15) is 25.8 Å². The first-order chi connectivity index (χ1) is 8.65. The van der Waals surface area contributed by atoms with Crippen LogP contribution >= 0.6 is 0 Å². The van der Waals surface area contributed by atoms with Gasteiger partial charge in [-0.15, -0.1) is 0 Å². The van der Waals surface area contributed by atoms with Crippen LogP contribution in [-0.4, -0.2) is 19.2 Å². The summed E-state index contributed by atoms with van der Waals surface area (Å²) in [6.07, 6.45) is 4.35. The number of nitrogens with one attached hydrogen (secondary N) is 2. The van der Waals surface area contributed by atoms with Gasteiger partial charge in [0.25, 0.3) is 0 Å².